The van der Waals surface area contributed by atoms with Crippen LogP contribution >= 0.6 is 7.68 Å². The van der Waals surface area contributed by atoms with E-state index in [2.05, 4.69) is 9.47 Å². The van der Waals surface area contributed by atoms with Crippen molar-refractivity contribution in [3.63, 3.8) is 0 Å². The first-order valence-electron chi connectivity index (χ1n) is 4.36. The number of hydrogen-bond donors (Lipinski definition) is 6. The molecular formula is C6H7O10P. The van der Waals surface area contributed by atoms with Gasteiger partial charge in [-0.2, -0.15) is 0 Å². The maximum absolute atomic E-state index is 10.9. The summed E-state index contributed by atoms with van der Waals surface area (Å²) in [6.07, 6.45) is -2.63. The van der Waals surface area contributed by atoms with Crippen LogP contribution in [0.4, 0.5) is 0 Å². The average molecular weight is 270 g/mol. The van der Waals surface area contributed by atoms with E-state index in [-0.39, 0.29) is 0 Å². The third kappa shape index (κ3) is 0.758. The van der Waals surface area contributed by atoms with Gasteiger partial charge in [0.15, 0.2) is 6.10 Å². The van der Waals surface area contributed by atoms with Gasteiger partial charge in [0.1, 0.15) is 0 Å². The average Bonchev–Trinajstić information content (AvgIpc) is 3.00. The van der Waals surface area contributed by atoms with Crippen molar-refractivity contribution >= 4 is 7.68 Å². The van der Waals surface area contributed by atoms with Crippen LogP contribution in [-0.2, 0) is 18.6 Å². The zero-order valence-electron chi connectivity index (χ0n) is 7.84. The molecule has 2 aliphatic heterocycles. The monoisotopic (exact) mass is 270 g/mol. The van der Waals surface area contributed by atoms with Crippen molar-refractivity contribution < 1.29 is 49.2 Å². The molecule has 0 aromatic heterocycles. The molecule has 0 spiro atoms. The molecule has 2 heterocycles. The zero-order valence-corrected chi connectivity index (χ0v) is 8.74. The van der Waals surface area contributed by atoms with Gasteiger partial charge in [-0.1, -0.05) is 0 Å². The number of ether oxygens (including phenoxy) is 2. The second kappa shape index (κ2) is 2.35. The van der Waals surface area contributed by atoms with E-state index >= 15 is 0 Å². The summed E-state index contributed by atoms with van der Waals surface area (Å²) < 4.78 is 30.3. The van der Waals surface area contributed by atoms with Gasteiger partial charge in [0.2, 0.25) is 0 Å². The maximum atomic E-state index is 10.9. The lowest BCUT2D eigenvalue weighted by Crippen LogP contribution is -2.68. The molecule has 0 radical (unpaired) electrons. The van der Waals surface area contributed by atoms with Gasteiger partial charge in [-0.3, -0.25) is 4.74 Å². The number of aliphatic hydroxyl groups excluding tert-OH is 1. The molecule has 6 N–H and O–H groups in total. The van der Waals surface area contributed by atoms with Gasteiger partial charge in [0.05, 0.1) is 0 Å². The van der Waals surface area contributed by atoms with Crippen molar-refractivity contribution in [1.82, 2.24) is 0 Å². The molecule has 0 bridgehead atoms. The Morgan fingerprint density at radius 3 is 1.88 bits per heavy atom. The predicted molar refractivity (Wildman–Crippen MR) is 41.2 cm³/mol. The standard InChI is InChI=1S/C6H7O10P/c7-1-2(8)4(10,15-2)6(12)5(11,16-6)3(1,9)17(13)14/h1,7-12H/t1-,2+,3-,4-,5-,6-/m1/s1. The molecule has 10 nitrogen and oxygen atoms in total. The molecule has 0 unspecified atom stereocenters. The van der Waals surface area contributed by atoms with Gasteiger partial charge in [-0.15, -0.1) is 0 Å². The quantitative estimate of drug-likeness (QED) is 0.203. The van der Waals surface area contributed by atoms with Gasteiger partial charge < -0.3 is 35.4 Å². The highest BCUT2D eigenvalue weighted by Gasteiger charge is 3.06. The second-order valence-electron chi connectivity index (χ2n) is 4.22. The van der Waals surface area contributed by atoms with Crippen LogP contribution in [0.25, 0.3) is 0 Å². The third-order valence-electron chi connectivity index (χ3n) is 3.45. The highest BCUT2D eigenvalue weighted by Crippen LogP contribution is 2.75. The maximum Gasteiger partial charge on any atom is 0.357 e. The summed E-state index contributed by atoms with van der Waals surface area (Å²) in [5, 5.41) is 54.1. The zero-order chi connectivity index (χ0) is 13.1. The van der Waals surface area contributed by atoms with Crippen LogP contribution in [-0.4, -0.2) is 65.2 Å². The number of rotatable bonds is 1. The Balaban J connectivity index is 2.23. The Morgan fingerprint density at radius 1 is 0.882 bits per heavy atom. The van der Waals surface area contributed by atoms with Crippen LogP contribution in [0.3, 0.4) is 0 Å². The summed E-state index contributed by atoms with van der Waals surface area (Å²) in [7, 11) is -3.95. The lowest BCUT2D eigenvalue weighted by molar-refractivity contribution is -0.239. The van der Waals surface area contributed by atoms with Crippen LogP contribution in [0.2, 0.25) is 0 Å². The second-order valence-corrected chi connectivity index (χ2v) is 5.41. The number of hydrogen-bond acceptors (Lipinski definition) is 10. The van der Waals surface area contributed by atoms with E-state index in [0.717, 1.165) is 0 Å². The molecule has 0 amide bonds. The first-order chi connectivity index (χ1) is 7.51. The molecule has 3 fully saturated rings. The van der Waals surface area contributed by atoms with Gasteiger partial charge in [-0.25, -0.2) is 9.13 Å². The molecule has 1 aliphatic carbocycles. The number of fused-ring (bicyclic) bond motifs is 3. The summed E-state index contributed by atoms with van der Waals surface area (Å²) in [5.41, 5.74) is 0. The van der Waals surface area contributed by atoms with Gasteiger partial charge in [0.25, 0.3) is 28.5 Å². The van der Waals surface area contributed by atoms with Crippen molar-refractivity contribution in [2.75, 3.05) is 0 Å². The summed E-state index contributed by atoms with van der Waals surface area (Å²) in [4.78, 5) is 0. The molecule has 17 heavy (non-hydrogen) atoms. The van der Waals surface area contributed by atoms with Crippen LogP contribution in [0.15, 0.2) is 0 Å². The van der Waals surface area contributed by atoms with Crippen LogP contribution in [0.5, 0.6) is 0 Å². The van der Waals surface area contributed by atoms with Crippen LogP contribution < -0.4 is 0 Å². The summed E-state index contributed by atoms with van der Waals surface area (Å²) >= 11 is 0. The minimum Gasteiger partial charge on any atom is -0.383 e. The molecule has 1 saturated carbocycles. The number of aliphatic hydroxyl groups is 6. The Hall–Kier alpha value is -0.420. The van der Waals surface area contributed by atoms with Crippen molar-refractivity contribution in [3.05, 3.63) is 0 Å². The van der Waals surface area contributed by atoms with E-state index < -0.39 is 42.3 Å². The lowest BCUT2D eigenvalue weighted by atomic mass is 9.84. The fourth-order valence-corrected chi connectivity index (χ4v) is 3.07. The normalized spacial score (nSPS) is 68.0. The van der Waals surface area contributed by atoms with Crippen molar-refractivity contribution in [2.24, 2.45) is 0 Å². The lowest BCUT2D eigenvalue weighted by Gasteiger charge is -2.35. The fourth-order valence-electron chi connectivity index (χ4n) is 2.25. The van der Waals surface area contributed by atoms with Gasteiger partial charge in [-0.05, 0) is 0 Å². The van der Waals surface area contributed by atoms with E-state index in [1.54, 1.807) is 0 Å². The molecule has 96 valence electrons. The third-order valence-corrected chi connectivity index (χ3v) is 4.55. The molecule has 0 aromatic carbocycles. The molecule has 11 heteroatoms. The van der Waals surface area contributed by atoms with Crippen molar-refractivity contribution in [3.8, 4) is 0 Å². The van der Waals surface area contributed by atoms with Crippen LogP contribution in [0.1, 0.15) is 0 Å². The highest BCUT2D eigenvalue weighted by atomic mass is 31.1. The minimum atomic E-state index is -3.95. The molecular weight excluding hydrogens is 263 g/mol. The molecule has 3 aliphatic rings. The van der Waals surface area contributed by atoms with Gasteiger partial charge in [0, 0.05) is 0 Å². The molecule has 6 atom stereocenters. The Bertz CT molecular complexity index is 497. The first-order valence-corrected chi connectivity index (χ1v) is 5.54. The molecule has 3 rings (SSSR count). The molecule has 0 aromatic rings. The van der Waals surface area contributed by atoms with E-state index in [4.69, 9.17) is 0 Å². The highest BCUT2D eigenvalue weighted by molar-refractivity contribution is 7.32. The van der Waals surface area contributed by atoms with Crippen LogP contribution in [0, 0.1) is 0 Å². The van der Waals surface area contributed by atoms with E-state index in [9.17, 15) is 39.8 Å². The molecule has 2 saturated heterocycles. The number of epoxide rings is 2. The predicted octanol–water partition coefficient (Wildman–Crippen LogP) is -3.96. The summed E-state index contributed by atoms with van der Waals surface area (Å²) in [6.45, 7) is 0. The Kier molecular flexibility index (Phi) is 1.61. The van der Waals surface area contributed by atoms with Crippen molar-refractivity contribution in [2.45, 2.75) is 34.6 Å². The minimum absolute atomic E-state index is 2.63. The fraction of sp³-hybridized carbons (Fsp3) is 1.00. The smallest absolute Gasteiger partial charge is 0.357 e. The van der Waals surface area contributed by atoms with Gasteiger partial charge >= 0.3 is 7.68 Å². The first kappa shape index (κ1) is 11.7. The summed E-state index contributed by atoms with van der Waals surface area (Å²) in [5.74, 6) is -12.1. The van der Waals surface area contributed by atoms with Crippen molar-refractivity contribution in [1.29, 1.82) is 0 Å². The largest absolute Gasteiger partial charge is 0.383 e. The van der Waals surface area contributed by atoms with E-state index in [1.807, 2.05) is 0 Å². The Morgan fingerprint density at radius 2 is 1.41 bits per heavy atom. The van der Waals surface area contributed by atoms with E-state index in [1.165, 1.54) is 0 Å². The Labute approximate surface area is 92.4 Å². The SMILES string of the molecule is O=P(=O)[C@]1(O)[C@H](O)[C@]2(O)O[C@@]2(O)[C@@]2(O)O[C@@]21O. The topological polar surface area (TPSA) is 181 Å². The van der Waals surface area contributed by atoms with E-state index in [0.29, 0.717) is 0 Å². The summed E-state index contributed by atoms with van der Waals surface area (Å²) in [6, 6.07) is 0.